The zero-order valence-corrected chi connectivity index (χ0v) is 12.4. The van der Waals surface area contributed by atoms with Crippen molar-refractivity contribution in [2.75, 3.05) is 37.6 Å². The molecule has 1 fully saturated rings. The van der Waals surface area contributed by atoms with Crippen LogP contribution in [-0.2, 0) is 0 Å². The molecule has 0 radical (unpaired) electrons. The summed E-state index contributed by atoms with van der Waals surface area (Å²) in [4.78, 5) is 6.37. The summed E-state index contributed by atoms with van der Waals surface area (Å²) in [5.74, 6) is 0. The predicted octanol–water partition coefficient (Wildman–Crippen LogP) is 2.57. The van der Waals surface area contributed by atoms with Crippen LogP contribution in [0.15, 0.2) is 47.8 Å². The molecule has 0 spiro atoms. The smallest absolute Gasteiger partial charge is 0.0565 e. The molecular weight excluding hydrogens is 266 g/mol. The molecule has 106 valence electrons. The quantitative estimate of drug-likeness (QED) is 0.938. The molecule has 2 N–H and O–H groups in total. The van der Waals surface area contributed by atoms with Crippen LogP contribution in [0.3, 0.4) is 0 Å². The molecule has 1 atom stereocenters. The van der Waals surface area contributed by atoms with Crippen LogP contribution >= 0.6 is 11.3 Å². The minimum atomic E-state index is 0.382. The van der Waals surface area contributed by atoms with E-state index in [1.165, 1.54) is 10.6 Å². The fraction of sp³-hybridized carbons (Fsp3) is 0.375. The molecule has 0 unspecified atom stereocenters. The van der Waals surface area contributed by atoms with Gasteiger partial charge in [-0.15, -0.1) is 11.3 Å². The maximum atomic E-state index is 5.99. The third-order valence-electron chi connectivity index (χ3n) is 3.97. The third-order valence-corrected chi connectivity index (χ3v) is 4.94. The van der Waals surface area contributed by atoms with E-state index in [9.17, 15) is 0 Å². The number of hydrogen-bond donors (Lipinski definition) is 1. The molecule has 1 aromatic carbocycles. The summed E-state index contributed by atoms with van der Waals surface area (Å²) in [5, 5.41) is 2.14. The molecule has 3 nitrogen and oxygen atoms in total. The highest BCUT2D eigenvalue weighted by Gasteiger charge is 2.24. The van der Waals surface area contributed by atoms with Crippen LogP contribution < -0.4 is 10.6 Å². The van der Waals surface area contributed by atoms with E-state index in [-0.39, 0.29) is 0 Å². The van der Waals surface area contributed by atoms with Crippen molar-refractivity contribution < 1.29 is 0 Å². The number of piperazine rings is 1. The van der Waals surface area contributed by atoms with Gasteiger partial charge in [-0.3, -0.25) is 4.90 Å². The fourth-order valence-electron chi connectivity index (χ4n) is 2.86. The maximum absolute atomic E-state index is 5.99. The molecule has 2 aromatic rings. The molecular formula is C16H21N3S. The lowest BCUT2D eigenvalue weighted by atomic mass is 10.1. The van der Waals surface area contributed by atoms with Gasteiger partial charge in [0.25, 0.3) is 0 Å². The van der Waals surface area contributed by atoms with E-state index in [1.807, 2.05) is 11.3 Å². The number of hydrogen-bond acceptors (Lipinski definition) is 4. The van der Waals surface area contributed by atoms with Crippen molar-refractivity contribution in [2.45, 2.75) is 6.04 Å². The van der Waals surface area contributed by atoms with Gasteiger partial charge in [-0.2, -0.15) is 0 Å². The Morgan fingerprint density at radius 3 is 2.35 bits per heavy atom. The van der Waals surface area contributed by atoms with Crippen LogP contribution in [0, 0.1) is 0 Å². The van der Waals surface area contributed by atoms with Gasteiger partial charge < -0.3 is 10.6 Å². The van der Waals surface area contributed by atoms with Gasteiger partial charge in [0.2, 0.25) is 0 Å². The summed E-state index contributed by atoms with van der Waals surface area (Å²) >= 11 is 1.81. The first kappa shape index (κ1) is 13.6. The lowest BCUT2D eigenvalue weighted by Gasteiger charge is -2.39. The highest BCUT2D eigenvalue weighted by Crippen LogP contribution is 2.26. The Hall–Kier alpha value is -1.36. The molecule has 2 heterocycles. The van der Waals surface area contributed by atoms with Crippen LogP contribution in [0.1, 0.15) is 10.9 Å². The molecule has 0 saturated carbocycles. The lowest BCUT2D eigenvalue weighted by molar-refractivity contribution is 0.193. The van der Waals surface area contributed by atoms with Crippen molar-refractivity contribution in [3.8, 4) is 0 Å². The number of anilines is 1. The van der Waals surface area contributed by atoms with Crippen molar-refractivity contribution >= 4 is 17.0 Å². The Bertz CT molecular complexity index is 504. The SMILES string of the molecule is NC[C@@H](c1cccs1)N1CCN(c2ccccc2)CC1. The molecule has 0 bridgehead atoms. The van der Waals surface area contributed by atoms with Crippen molar-refractivity contribution in [1.29, 1.82) is 0 Å². The molecule has 3 rings (SSSR count). The van der Waals surface area contributed by atoms with Crippen molar-refractivity contribution in [3.05, 3.63) is 52.7 Å². The zero-order valence-electron chi connectivity index (χ0n) is 11.6. The van der Waals surface area contributed by atoms with Gasteiger partial charge in [-0.05, 0) is 23.6 Å². The number of nitrogens with zero attached hydrogens (tertiary/aromatic N) is 2. The second kappa shape index (κ2) is 6.39. The second-order valence-corrected chi connectivity index (χ2v) is 6.10. The highest BCUT2D eigenvalue weighted by molar-refractivity contribution is 7.10. The van der Waals surface area contributed by atoms with E-state index in [4.69, 9.17) is 5.73 Å². The van der Waals surface area contributed by atoms with E-state index in [2.05, 4.69) is 57.6 Å². The van der Waals surface area contributed by atoms with E-state index >= 15 is 0 Å². The van der Waals surface area contributed by atoms with E-state index < -0.39 is 0 Å². The van der Waals surface area contributed by atoms with Gasteiger partial charge in [0.1, 0.15) is 0 Å². The predicted molar refractivity (Wildman–Crippen MR) is 86.3 cm³/mol. The minimum Gasteiger partial charge on any atom is -0.369 e. The molecule has 1 aromatic heterocycles. The number of para-hydroxylation sites is 1. The average Bonchev–Trinajstić information content (AvgIpc) is 3.04. The summed E-state index contributed by atoms with van der Waals surface area (Å²) in [6, 6.07) is 15.4. The van der Waals surface area contributed by atoms with Crippen molar-refractivity contribution in [2.24, 2.45) is 5.73 Å². The lowest BCUT2D eigenvalue weighted by Crippen LogP contribution is -2.49. The largest absolute Gasteiger partial charge is 0.369 e. The van der Waals surface area contributed by atoms with Gasteiger partial charge in [-0.1, -0.05) is 24.3 Å². The van der Waals surface area contributed by atoms with Crippen LogP contribution in [0.4, 0.5) is 5.69 Å². The Morgan fingerprint density at radius 1 is 1.00 bits per heavy atom. The first-order chi connectivity index (χ1) is 9.88. The molecule has 1 saturated heterocycles. The number of nitrogens with two attached hydrogens (primary N) is 1. The number of rotatable bonds is 4. The summed E-state index contributed by atoms with van der Waals surface area (Å²) < 4.78 is 0. The highest BCUT2D eigenvalue weighted by atomic mass is 32.1. The Labute approximate surface area is 124 Å². The van der Waals surface area contributed by atoms with Gasteiger partial charge >= 0.3 is 0 Å². The molecule has 20 heavy (non-hydrogen) atoms. The molecule has 1 aliphatic rings. The van der Waals surface area contributed by atoms with Crippen LogP contribution in [0.5, 0.6) is 0 Å². The molecule has 4 heteroatoms. The second-order valence-electron chi connectivity index (χ2n) is 5.13. The van der Waals surface area contributed by atoms with E-state index in [0.29, 0.717) is 12.6 Å². The Morgan fingerprint density at radius 2 is 1.75 bits per heavy atom. The standard InChI is InChI=1S/C16H21N3S/c17-13-15(16-7-4-12-20-16)19-10-8-18(9-11-19)14-5-2-1-3-6-14/h1-7,12,15H,8-11,13,17H2/t15-/m0/s1. The van der Waals surface area contributed by atoms with Crippen molar-refractivity contribution in [1.82, 2.24) is 4.90 Å². The topological polar surface area (TPSA) is 32.5 Å². The number of benzene rings is 1. The summed E-state index contributed by atoms with van der Waals surface area (Å²) in [6.45, 7) is 5.01. The van der Waals surface area contributed by atoms with E-state index in [0.717, 1.165) is 26.2 Å². The summed E-state index contributed by atoms with van der Waals surface area (Å²) in [6.07, 6.45) is 0. The van der Waals surface area contributed by atoms with Gasteiger partial charge in [0, 0.05) is 43.3 Å². The Balaban J connectivity index is 1.63. The summed E-state index contributed by atoms with van der Waals surface area (Å²) in [5.41, 5.74) is 7.32. The van der Waals surface area contributed by atoms with E-state index in [1.54, 1.807) is 0 Å². The normalized spacial score (nSPS) is 18.1. The van der Waals surface area contributed by atoms with Crippen LogP contribution in [-0.4, -0.2) is 37.6 Å². The average molecular weight is 287 g/mol. The number of thiophene rings is 1. The Kier molecular flexibility index (Phi) is 4.35. The maximum Gasteiger partial charge on any atom is 0.0565 e. The van der Waals surface area contributed by atoms with Gasteiger partial charge in [0.05, 0.1) is 6.04 Å². The van der Waals surface area contributed by atoms with Gasteiger partial charge in [-0.25, -0.2) is 0 Å². The van der Waals surface area contributed by atoms with Crippen LogP contribution in [0.25, 0.3) is 0 Å². The fourth-order valence-corrected chi connectivity index (χ4v) is 3.73. The van der Waals surface area contributed by atoms with Gasteiger partial charge in [0.15, 0.2) is 0 Å². The first-order valence-electron chi connectivity index (χ1n) is 7.16. The molecule has 0 amide bonds. The third kappa shape index (κ3) is 2.87. The monoisotopic (exact) mass is 287 g/mol. The minimum absolute atomic E-state index is 0.382. The van der Waals surface area contributed by atoms with Crippen molar-refractivity contribution in [3.63, 3.8) is 0 Å². The van der Waals surface area contributed by atoms with Crippen LogP contribution in [0.2, 0.25) is 0 Å². The zero-order chi connectivity index (χ0) is 13.8. The molecule has 1 aliphatic heterocycles. The molecule has 0 aliphatic carbocycles. The first-order valence-corrected chi connectivity index (χ1v) is 8.04. The summed E-state index contributed by atoms with van der Waals surface area (Å²) in [7, 11) is 0.